The number of rotatable bonds is 3. The average molecular weight is 331 g/mol. The number of alkyl halides is 6. The van der Waals surface area contributed by atoms with Crippen LogP contribution in [0, 0.1) is 18.2 Å². The predicted molar refractivity (Wildman–Crippen MR) is 64.6 cm³/mol. The maximum atomic E-state index is 13.0. The maximum Gasteiger partial charge on any atom is 0.412 e. The minimum absolute atomic E-state index is 0.129. The van der Waals surface area contributed by atoms with Gasteiger partial charge in [-0.25, -0.2) is 4.39 Å². The van der Waals surface area contributed by atoms with Gasteiger partial charge in [0.15, 0.2) is 0 Å². The van der Waals surface area contributed by atoms with E-state index in [1.807, 2.05) is 0 Å². The molecule has 0 aliphatic heterocycles. The van der Waals surface area contributed by atoms with Crippen molar-refractivity contribution in [3.8, 4) is 0 Å². The Labute approximate surface area is 121 Å². The first-order valence-electron chi connectivity index (χ1n) is 6.08. The number of carbonyl (C=O) groups excluding carboxylic acids is 1. The minimum atomic E-state index is -5.84. The van der Waals surface area contributed by atoms with Gasteiger partial charge in [-0.15, -0.1) is 0 Å². The van der Waals surface area contributed by atoms with Crippen LogP contribution in [0.2, 0.25) is 0 Å². The molecule has 0 saturated heterocycles. The van der Waals surface area contributed by atoms with Gasteiger partial charge < -0.3 is 5.32 Å². The van der Waals surface area contributed by atoms with Gasteiger partial charge in [-0.2, -0.15) is 26.3 Å². The number of amides is 1. The first kappa shape index (κ1) is 18.2. The molecule has 0 unspecified atom stereocenters. The van der Waals surface area contributed by atoms with Gasteiger partial charge in [0.05, 0.1) is 0 Å². The molecule has 2 nitrogen and oxygen atoms in total. The Hall–Kier alpha value is -1.80. The molecule has 1 aromatic carbocycles. The number of anilines is 1. The molecule has 0 heterocycles. The van der Waals surface area contributed by atoms with Crippen molar-refractivity contribution in [2.75, 3.05) is 5.32 Å². The van der Waals surface area contributed by atoms with Gasteiger partial charge in [-0.1, -0.05) is 13.0 Å². The molecule has 1 amide bonds. The highest BCUT2D eigenvalue weighted by Gasteiger charge is 2.74. The van der Waals surface area contributed by atoms with E-state index in [1.165, 1.54) is 12.2 Å². The summed E-state index contributed by atoms with van der Waals surface area (Å²) in [6.07, 6.45) is -13.2. The first-order chi connectivity index (χ1) is 9.86. The Balaban J connectivity index is 3.33. The van der Waals surface area contributed by atoms with E-state index in [1.54, 1.807) is 0 Å². The lowest BCUT2D eigenvalue weighted by atomic mass is 9.82. The fourth-order valence-electron chi connectivity index (χ4n) is 1.94. The van der Waals surface area contributed by atoms with Crippen LogP contribution in [0.5, 0.6) is 0 Å². The second-order valence-corrected chi connectivity index (χ2v) is 4.67. The number of halogens is 7. The second kappa shape index (κ2) is 5.77. The number of hydrogen-bond acceptors (Lipinski definition) is 1. The fraction of sp³-hybridized carbons (Fsp3) is 0.462. The Morgan fingerprint density at radius 3 is 2.00 bits per heavy atom. The van der Waals surface area contributed by atoms with E-state index >= 15 is 0 Å². The number of benzene rings is 1. The average Bonchev–Trinajstić information content (AvgIpc) is 2.31. The predicted octanol–water partition coefficient (Wildman–Crippen LogP) is 4.59. The van der Waals surface area contributed by atoms with Crippen molar-refractivity contribution < 1.29 is 35.5 Å². The monoisotopic (exact) mass is 331 g/mol. The molecule has 0 aliphatic carbocycles. The fourth-order valence-corrected chi connectivity index (χ4v) is 1.94. The van der Waals surface area contributed by atoms with E-state index in [-0.39, 0.29) is 5.56 Å². The van der Waals surface area contributed by atoms with Gasteiger partial charge in [0.25, 0.3) is 0 Å². The lowest BCUT2D eigenvalue weighted by molar-refractivity contribution is -0.324. The van der Waals surface area contributed by atoms with E-state index < -0.39 is 41.6 Å². The maximum absolute atomic E-state index is 13.0. The summed E-state index contributed by atoms with van der Waals surface area (Å²) in [6, 6.07) is 2.74. The molecule has 0 saturated carbocycles. The largest absolute Gasteiger partial charge is 0.412 e. The third-order valence-electron chi connectivity index (χ3n) is 3.33. The van der Waals surface area contributed by atoms with Crippen LogP contribution in [0.3, 0.4) is 0 Å². The normalized spacial score (nSPS) is 13.1. The zero-order chi connectivity index (χ0) is 17.3. The lowest BCUT2D eigenvalue weighted by Crippen LogP contribution is -2.57. The molecule has 0 bridgehead atoms. The number of carbonyl (C=O) groups is 1. The van der Waals surface area contributed by atoms with Crippen molar-refractivity contribution in [1.29, 1.82) is 0 Å². The summed E-state index contributed by atoms with van der Waals surface area (Å²) < 4.78 is 90.7. The third kappa shape index (κ3) is 3.02. The van der Waals surface area contributed by atoms with Crippen LogP contribution in [0.25, 0.3) is 0 Å². The van der Waals surface area contributed by atoms with Gasteiger partial charge in [0, 0.05) is 5.69 Å². The van der Waals surface area contributed by atoms with Crippen LogP contribution in [0.4, 0.5) is 36.4 Å². The molecule has 0 atom stereocenters. The molecular weight excluding hydrogens is 319 g/mol. The van der Waals surface area contributed by atoms with Crippen molar-refractivity contribution in [3.63, 3.8) is 0 Å². The Morgan fingerprint density at radius 2 is 1.59 bits per heavy atom. The molecule has 124 valence electrons. The minimum Gasteiger partial charge on any atom is -0.325 e. The van der Waals surface area contributed by atoms with Crippen LogP contribution >= 0.6 is 0 Å². The summed E-state index contributed by atoms with van der Waals surface area (Å²) in [5.41, 5.74) is -4.88. The van der Waals surface area contributed by atoms with Gasteiger partial charge in [-0.05, 0) is 31.0 Å². The zero-order valence-electron chi connectivity index (χ0n) is 11.5. The molecular formula is C13H12F7NO. The molecule has 0 spiro atoms. The summed E-state index contributed by atoms with van der Waals surface area (Å²) >= 11 is 0. The van der Waals surface area contributed by atoms with Gasteiger partial charge >= 0.3 is 12.4 Å². The molecule has 1 N–H and O–H groups in total. The Kier molecular flexibility index (Phi) is 4.79. The van der Waals surface area contributed by atoms with Crippen molar-refractivity contribution in [2.24, 2.45) is 5.41 Å². The van der Waals surface area contributed by atoms with Gasteiger partial charge in [-0.3, -0.25) is 4.79 Å². The first-order valence-corrected chi connectivity index (χ1v) is 6.08. The zero-order valence-corrected chi connectivity index (χ0v) is 11.5. The highest BCUT2D eigenvalue weighted by Crippen LogP contribution is 2.53. The van der Waals surface area contributed by atoms with Crippen LogP contribution in [-0.2, 0) is 4.79 Å². The van der Waals surface area contributed by atoms with Crippen molar-refractivity contribution in [2.45, 2.75) is 32.6 Å². The highest BCUT2D eigenvalue weighted by atomic mass is 19.4. The molecule has 0 aliphatic rings. The SMILES string of the molecule is CCC(C(=O)Nc1cc(F)ccc1C)(C(F)(F)F)C(F)(F)F. The second-order valence-electron chi connectivity index (χ2n) is 4.67. The molecule has 22 heavy (non-hydrogen) atoms. The van der Waals surface area contributed by atoms with E-state index in [0.29, 0.717) is 13.0 Å². The van der Waals surface area contributed by atoms with E-state index in [0.717, 1.165) is 12.1 Å². The standard InChI is InChI=1S/C13H12F7NO/c1-3-11(12(15,16)17,13(18,19)20)10(22)21-9-6-8(14)5-4-7(9)2/h4-6H,3H2,1-2H3,(H,21,22). The quantitative estimate of drug-likeness (QED) is 0.806. The number of nitrogens with one attached hydrogen (secondary N) is 1. The Bertz CT molecular complexity index is 548. The number of aryl methyl sites for hydroxylation is 1. The smallest absolute Gasteiger partial charge is 0.325 e. The van der Waals surface area contributed by atoms with Crippen LogP contribution < -0.4 is 5.32 Å². The molecule has 0 fully saturated rings. The van der Waals surface area contributed by atoms with E-state index in [9.17, 15) is 35.5 Å². The summed E-state index contributed by atoms with van der Waals surface area (Å²) in [5.74, 6) is -3.19. The van der Waals surface area contributed by atoms with Crippen molar-refractivity contribution in [3.05, 3.63) is 29.6 Å². The molecule has 1 rings (SSSR count). The summed E-state index contributed by atoms with van der Waals surface area (Å²) in [6.45, 7) is 1.92. The third-order valence-corrected chi connectivity index (χ3v) is 3.33. The van der Waals surface area contributed by atoms with Gasteiger partial charge in [0.2, 0.25) is 11.3 Å². The Morgan fingerprint density at radius 1 is 1.09 bits per heavy atom. The van der Waals surface area contributed by atoms with Crippen LogP contribution in [-0.4, -0.2) is 18.3 Å². The molecule has 9 heteroatoms. The molecule has 0 aromatic heterocycles. The summed E-state index contributed by atoms with van der Waals surface area (Å²) in [4.78, 5) is 11.7. The van der Waals surface area contributed by atoms with Crippen molar-refractivity contribution >= 4 is 11.6 Å². The summed E-state index contributed by atoms with van der Waals surface area (Å²) in [5, 5.41) is 1.54. The van der Waals surface area contributed by atoms with E-state index in [4.69, 9.17) is 0 Å². The molecule has 0 radical (unpaired) electrons. The lowest BCUT2D eigenvalue weighted by Gasteiger charge is -2.35. The van der Waals surface area contributed by atoms with Crippen LogP contribution in [0.1, 0.15) is 18.9 Å². The number of hydrogen-bond donors (Lipinski definition) is 1. The highest BCUT2D eigenvalue weighted by molar-refractivity contribution is 5.97. The topological polar surface area (TPSA) is 29.1 Å². The van der Waals surface area contributed by atoms with Crippen LogP contribution in [0.15, 0.2) is 18.2 Å². The van der Waals surface area contributed by atoms with Gasteiger partial charge in [0.1, 0.15) is 5.82 Å². The molecule has 1 aromatic rings. The van der Waals surface area contributed by atoms with E-state index in [2.05, 4.69) is 0 Å². The summed E-state index contributed by atoms with van der Waals surface area (Å²) in [7, 11) is 0. The van der Waals surface area contributed by atoms with Crippen molar-refractivity contribution in [1.82, 2.24) is 0 Å².